The van der Waals surface area contributed by atoms with Crippen molar-refractivity contribution in [2.75, 3.05) is 13.1 Å². The van der Waals surface area contributed by atoms with Crippen LogP contribution in [-0.2, 0) is 10.0 Å². The molecule has 0 aromatic heterocycles. The Morgan fingerprint density at radius 2 is 1.60 bits per heavy atom. The van der Waals surface area contributed by atoms with Crippen LogP contribution in [0.4, 0.5) is 0 Å². The fourth-order valence-corrected chi connectivity index (χ4v) is 3.97. The third-order valence-electron chi connectivity index (χ3n) is 3.67. The molecule has 0 unspecified atom stereocenters. The van der Waals surface area contributed by atoms with Crippen LogP contribution >= 0.6 is 23.2 Å². The van der Waals surface area contributed by atoms with Crippen LogP contribution in [0.3, 0.4) is 0 Å². The Morgan fingerprint density at radius 1 is 0.920 bits per heavy atom. The number of carbonyl (C=O) groups excluding carboxylic acids is 2. The summed E-state index contributed by atoms with van der Waals surface area (Å²) < 4.78 is 26.8. The smallest absolute Gasteiger partial charge is 0.261 e. The van der Waals surface area contributed by atoms with E-state index in [9.17, 15) is 18.0 Å². The van der Waals surface area contributed by atoms with Crippen LogP contribution in [0, 0.1) is 0 Å². The van der Waals surface area contributed by atoms with Gasteiger partial charge in [-0.15, -0.1) is 0 Å². The van der Waals surface area contributed by atoms with Gasteiger partial charge >= 0.3 is 0 Å². The fraction of sp³-hybridized carbons (Fsp3) is 0.125. The normalized spacial score (nSPS) is 14.1. The summed E-state index contributed by atoms with van der Waals surface area (Å²) in [5.41, 5.74) is 0.474. The first kappa shape index (κ1) is 17.9. The average molecular weight is 399 g/mol. The predicted molar refractivity (Wildman–Crippen MR) is 93.5 cm³/mol. The molecule has 1 aliphatic heterocycles. The maximum absolute atomic E-state index is 12.3. The molecule has 3 rings (SSSR count). The van der Waals surface area contributed by atoms with Crippen molar-refractivity contribution in [3.8, 4) is 0 Å². The first-order chi connectivity index (χ1) is 11.8. The summed E-state index contributed by atoms with van der Waals surface area (Å²) in [6, 6.07) is 10.2. The van der Waals surface area contributed by atoms with Gasteiger partial charge in [0.1, 0.15) is 0 Å². The molecule has 2 aromatic carbocycles. The van der Waals surface area contributed by atoms with Gasteiger partial charge < -0.3 is 0 Å². The van der Waals surface area contributed by atoms with Crippen LogP contribution in [0.2, 0.25) is 10.0 Å². The molecule has 0 saturated carbocycles. The van der Waals surface area contributed by atoms with Crippen molar-refractivity contribution in [1.29, 1.82) is 0 Å². The lowest BCUT2D eigenvalue weighted by molar-refractivity contribution is 0.0657. The zero-order valence-electron chi connectivity index (χ0n) is 12.7. The van der Waals surface area contributed by atoms with E-state index in [0.29, 0.717) is 10.0 Å². The molecule has 0 bridgehead atoms. The molecule has 0 saturated heterocycles. The topological polar surface area (TPSA) is 83.6 Å². The molecule has 0 radical (unpaired) electrons. The van der Waals surface area contributed by atoms with Crippen molar-refractivity contribution in [3.05, 3.63) is 63.6 Å². The van der Waals surface area contributed by atoms with E-state index in [-0.39, 0.29) is 29.1 Å². The standard InChI is InChI=1S/C16H12Cl2N2O4S/c17-10-2-1-3-12(8-10)25(23,24)19-6-7-20-15(21)13-5-4-11(18)9-14(13)16(20)22/h1-5,8-9,19H,6-7H2. The number of nitrogens with zero attached hydrogens (tertiary/aromatic N) is 1. The molecule has 0 fully saturated rings. The molecule has 0 atom stereocenters. The molecule has 25 heavy (non-hydrogen) atoms. The number of rotatable bonds is 5. The van der Waals surface area contributed by atoms with Gasteiger partial charge in [0.25, 0.3) is 11.8 Å². The van der Waals surface area contributed by atoms with Gasteiger partial charge in [-0.2, -0.15) is 0 Å². The second-order valence-electron chi connectivity index (χ2n) is 5.31. The molecule has 1 aliphatic rings. The van der Waals surface area contributed by atoms with E-state index in [1.54, 1.807) is 6.07 Å². The molecule has 6 nitrogen and oxygen atoms in total. The number of nitrogens with one attached hydrogen (secondary N) is 1. The lowest BCUT2D eigenvalue weighted by Crippen LogP contribution is -2.38. The van der Waals surface area contributed by atoms with Gasteiger partial charge in [-0.3, -0.25) is 14.5 Å². The molecule has 1 heterocycles. The average Bonchev–Trinajstić information content (AvgIpc) is 2.79. The Labute approximate surface area is 154 Å². The van der Waals surface area contributed by atoms with E-state index >= 15 is 0 Å². The van der Waals surface area contributed by atoms with Crippen molar-refractivity contribution in [2.24, 2.45) is 0 Å². The van der Waals surface area contributed by atoms with Crippen molar-refractivity contribution in [3.63, 3.8) is 0 Å². The van der Waals surface area contributed by atoms with E-state index in [1.807, 2.05) is 0 Å². The van der Waals surface area contributed by atoms with Gasteiger partial charge in [0.15, 0.2) is 0 Å². The van der Waals surface area contributed by atoms with Gasteiger partial charge in [0.2, 0.25) is 10.0 Å². The maximum atomic E-state index is 12.3. The number of fused-ring (bicyclic) bond motifs is 1. The Morgan fingerprint density at radius 3 is 2.32 bits per heavy atom. The summed E-state index contributed by atoms with van der Waals surface area (Å²) in [6.07, 6.45) is 0. The summed E-state index contributed by atoms with van der Waals surface area (Å²) in [4.78, 5) is 25.5. The summed E-state index contributed by atoms with van der Waals surface area (Å²) in [6.45, 7) is -0.211. The molecule has 9 heteroatoms. The Balaban J connectivity index is 1.69. The van der Waals surface area contributed by atoms with E-state index in [4.69, 9.17) is 23.2 Å². The number of benzene rings is 2. The highest BCUT2D eigenvalue weighted by Crippen LogP contribution is 2.25. The minimum absolute atomic E-state index is 0.00847. The van der Waals surface area contributed by atoms with Gasteiger partial charge in [0, 0.05) is 23.1 Å². The minimum atomic E-state index is -3.79. The first-order valence-electron chi connectivity index (χ1n) is 7.20. The summed E-state index contributed by atoms with van der Waals surface area (Å²) in [7, 11) is -3.79. The number of halogens is 2. The Kier molecular flexibility index (Phi) is 4.83. The third kappa shape index (κ3) is 3.55. The first-order valence-corrected chi connectivity index (χ1v) is 9.44. The number of hydrogen-bond donors (Lipinski definition) is 1. The highest BCUT2D eigenvalue weighted by Gasteiger charge is 2.35. The molecular weight excluding hydrogens is 387 g/mol. The largest absolute Gasteiger partial charge is 0.273 e. The molecule has 1 N–H and O–H groups in total. The highest BCUT2D eigenvalue weighted by molar-refractivity contribution is 7.89. The SMILES string of the molecule is O=C1c2ccc(Cl)cc2C(=O)N1CCNS(=O)(=O)c1cccc(Cl)c1. The monoisotopic (exact) mass is 398 g/mol. The Bertz CT molecular complexity index is 976. The van der Waals surface area contributed by atoms with Crippen LogP contribution in [0.15, 0.2) is 47.4 Å². The zero-order valence-corrected chi connectivity index (χ0v) is 15.0. The minimum Gasteiger partial charge on any atom is -0.273 e. The molecule has 2 amide bonds. The van der Waals surface area contributed by atoms with E-state index in [1.165, 1.54) is 36.4 Å². The van der Waals surface area contributed by atoms with Gasteiger partial charge in [-0.05, 0) is 36.4 Å². The van der Waals surface area contributed by atoms with Gasteiger partial charge in [-0.25, -0.2) is 13.1 Å². The summed E-state index contributed by atoms with van der Waals surface area (Å²) >= 11 is 11.6. The van der Waals surface area contributed by atoms with Gasteiger partial charge in [-0.1, -0.05) is 29.3 Å². The van der Waals surface area contributed by atoms with E-state index in [2.05, 4.69) is 4.72 Å². The lowest BCUT2D eigenvalue weighted by atomic mass is 10.1. The fourth-order valence-electron chi connectivity index (χ4n) is 2.48. The summed E-state index contributed by atoms with van der Waals surface area (Å²) in [5.74, 6) is -0.969. The molecule has 0 aliphatic carbocycles. The quantitative estimate of drug-likeness (QED) is 0.784. The van der Waals surface area contributed by atoms with Crippen molar-refractivity contribution in [1.82, 2.24) is 9.62 Å². The van der Waals surface area contributed by atoms with Crippen LogP contribution in [0.5, 0.6) is 0 Å². The van der Waals surface area contributed by atoms with Crippen LogP contribution in [-0.4, -0.2) is 38.2 Å². The summed E-state index contributed by atoms with van der Waals surface area (Å²) in [5, 5.41) is 0.642. The Hall–Kier alpha value is -1.93. The number of hydrogen-bond acceptors (Lipinski definition) is 4. The molecule has 130 valence electrons. The number of amides is 2. The van der Waals surface area contributed by atoms with Crippen molar-refractivity contribution < 1.29 is 18.0 Å². The lowest BCUT2D eigenvalue weighted by Gasteiger charge is -2.14. The van der Waals surface area contributed by atoms with E-state index < -0.39 is 21.8 Å². The second-order valence-corrected chi connectivity index (χ2v) is 7.95. The van der Waals surface area contributed by atoms with E-state index in [0.717, 1.165) is 4.90 Å². The van der Waals surface area contributed by atoms with Crippen LogP contribution in [0.25, 0.3) is 0 Å². The molecule has 0 spiro atoms. The van der Waals surface area contributed by atoms with Crippen molar-refractivity contribution >= 4 is 45.0 Å². The number of carbonyl (C=O) groups is 2. The van der Waals surface area contributed by atoms with Crippen molar-refractivity contribution in [2.45, 2.75) is 4.90 Å². The highest BCUT2D eigenvalue weighted by atomic mass is 35.5. The number of imide groups is 1. The third-order valence-corrected chi connectivity index (χ3v) is 5.60. The predicted octanol–water partition coefficient (Wildman–Crippen LogP) is 2.57. The number of sulfonamides is 1. The molecular formula is C16H12Cl2N2O4S. The maximum Gasteiger partial charge on any atom is 0.261 e. The van der Waals surface area contributed by atoms with Crippen LogP contribution < -0.4 is 4.72 Å². The zero-order chi connectivity index (χ0) is 18.2. The molecule has 2 aromatic rings. The second kappa shape index (κ2) is 6.76. The van der Waals surface area contributed by atoms with Gasteiger partial charge in [0.05, 0.1) is 16.0 Å². The van der Waals surface area contributed by atoms with Crippen LogP contribution in [0.1, 0.15) is 20.7 Å².